The summed E-state index contributed by atoms with van der Waals surface area (Å²) in [5.74, 6) is 0. The molecule has 3 nitrogen and oxygen atoms in total. The van der Waals surface area contributed by atoms with Crippen LogP contribution in [0.25, 0.3) is 0 Å². The summed E-state index contributed by atoms with van der Waals surface area (Å²) in [6, 6.07) is 0. The molecule has 3 radical (unpaired) electrons. The Hall–Kier alpha value is 1.48. The van der Waals surface area contributed by atoms with Gasteiger partial charge >= 0.3 is 34.7 Å². The molecule has 0 heterocycles. The summed E-state index contributed by atoms with van der Waals surface area (Å²) >= 11 is 0. The fourth-order valence-corrected chi connectivity index (χ4v) is 0. The van der Waals surface area contributed by atoms with Crippen LogP contribution < -0.4 is 0 Å². The van der Waals surface area contributed by atoms with Gasteiger partial charge in [-0.15, -0.1) is 0 Å². The Morgan fingerprint density at radius 3 is 0.500 bits per heavy atom. The Labute approximate surface area is 68.4 Å². The first-order valence-corrected chi connectivity index (χ1v) is 0. The minimum Gasteiger partial charge on any atom is -2.00 e. The maximum atomic E-state index is 0. The van der Waals surface area contributed by atoms with E-state index in [1.165, 1.54) is 0 Å². The van der Waals surface area contributed by atoms with Crippen LogP contribution in [0, 0.1) is 0 Å². The molecule has 0 spiro atoms. The van der Waals surface area contributed by atoms with Crippen LogP contribution in [-0.2, 0) is 16.4 Å². The van der Waals surface area contributed by atoms with Gasteiger partial charge in [0.15, 0.2) is 0 Å². The van der Waals surface area contributed by atoms with Gasteiger partial charge in [0.05, 0.1) is 0 Å². The monoisotopic (exact) mass is 129 g/mol. The number of hydrogen-bond acceptors (Lipinski definition) is 0. The normalized spacial score (nSPS) is 0. The van der Waals surface area contributed by atoms with Gasteiger partial charge in [0, 0.05) is 17.4 Å². The van der Waals surface area contributed by atoms with Crippen LogP contribution in [0.3, 0.4) is 0 Å². The average Bonchev–Trinajstić information content (AvgIpc) is 0. The Morgan fingerprint density at radius 1 is 0.500 bits per heavy atom. The van der Waals surface area contributed by atoms with Crippen molar-refractivity contribution in [1.82, 2.24) is 0 Å². The van der Waals surface area contributed by atoms with Crippen molar-refractivity contribution < 1.29 is 16.4 Å². The molecule has 0 aromatic heterocycles. The van der Waals surface area contributed by atoms with E-state index in [-0.39, 0.29) is 68.5 Å². The summed E-state index contributed by atoms with van der Waals surface area (Å²) in [6.45, 7) is 0. The molecule has 6 heavy (non-hydrogen) atoms. The zero-order chi connectivity index (χ0) is 0. The maximum Gasteiger partial charge on any atom is 3.00 e. The summed E-state index contributed by atoms with van der Waals surface area (Å²) in [7, 11) is 0. The van der Waals surface area contributed by atoms with Crippen molar-refractivity contribution in [1.29, 1.82) is 0 Å². The molecule has 6 heteroatoms. The molecule has 0 saturated carbocycles. The minimum absolute atomic E-state index is 0. The molecule has 0 saturated heterocycles. The molecule has 0 rings (SSSR count). The van der Waals surface area contributed by atoms with Crippen molar-refractivity contribution in [2.75, 3.05) is 0 Å². The largest absolute Gasteiger partial charge is 3.00 e. The maximum absolute atomic E-state index is 0. The Balaban J connectivity index is 0. The van der Waals surface area contributed by atoms with Crippen molar-refractivity contribution >= 4 is 52.1 Å². The first-order valence-electron chi connectivity index (χ1n) is 0. The van der Waals surface area contributed by atoms with Crippen molar-refractivity contribution in [3.05, 3.63) is 0 Å². The topological polar surface area (TPSA) is 85.5 Å². The van der Waals surface area contributed by atoms with E-state index in [1.54, 1.807) is 0 Å². The first-order chi connectivity index (χ1) is 0. The van der Waals surface area contributed by atoms with Gasteiger partial charge in [0.2, 0.25) is 0 Å². The molecule has 0 unspecified atom stereocenters. The zero-order valence-corrected chi connectivity index (χ0v) is 6.42. The van der Waals surface area contributed by atoms with Gasteiger partial charge in [-0.1, -0.05) is 0 Å². The fourth-order valence-electron chi connectivity index (χ4n) is 0. The molecule has 0 aliphatic carbocycles. The summed E-state index contributed by atoms with van der Waals surface area (Å²) < 4.78 is 0. The zero-order valence-electron chi connectivity index (χ0n) is 2.96. The summed E-state index contributed by atoms with van der Waals surface area (Å²) in [4.78, 5) is 0. The third kappa shape index (κ3) is 50.3. The smallest absolute Gasteiger partial charge is 2.00 e. The van der Waals surface area contributed by atoms with E-state index < -0.39 is 0 Å². The van der Waals surface area contributed by atoms with E-state index in [4.69, 9.17) is 0 Å². The second kappa shape index (κ2) is 89.0. The van der Waals surface area contributed by atoms with Gasteiger partial charge in [-0.05, 0) is 0 Å². The van der Waals surface area contributed by atoms with Crippen LogP contribution in [0.1, 0.15) is 0 Å². The molecule has 0 aromatic carbocycles. The Morgan fingerprint density at radius 2 is 0.500 bits per heavy atom. The van der Waals surface area contributed by atoms with E-state index in [9.17, 15) is 0 Å². The van der Waals surface area contributed by atoms with Crippen molar-refractivity contribution in [3.8, 4) is 0 Å². The Kier molecular flexibility index (Phi) is 2130. The van der Waals surface area contributed by atoms with Crippen LogP contribution in [0.15, 0.2) is 0 Å². The molecule has 0 atom stereocenters. The predicted molar refractivity (Wildman–Crippen MR) is 19.3 cm³/mol. The number of rotatable bonds is 0. The van der Waals surface area contributed by atoms with Gasteiger partial charge in [-0.2, -0.15) is 0 Å². The van der Waals surface area contributed by atoms with Crippen molar-refractivity contribution in [2.45, 2.75) is 0 Å². The van der Waals surface area contributed by atoms with E-state index in [2.05, 4.69) is 0 Å². The Bertz CT molecular complexity index is 6.00. The summed E-state index contributed by atoms with van der Waals surface area (Å²) in [5, 5.41) is 0. The molecule has 0 fully saturated rings. The summed E-state index contributed by atoms with van der Waals surface area (Å²) in [6.07, 6.45) is 0. The fraction of sp³-hybridized carbons (Fsp3) is 0. The van der Waals surface area contributed by atoms with Gasteiger partial charge in [0.1, 0.15) is 0 Å². The second-order valence-corrected chi connectivity index (χ2v) is 0. The van der Waals surface area contributed by atoms with Gasteiger partial charge < -0.3 is 16.4 Å². The van der Waals surface area contributed by atoms with Crippen LogP contribution >= 0.6 is 0 Å². The predicted octanol–water partition coefficient (Wildman–Crippen LogP) is -1.50. The van der Waals surface area contributed by atoms with Crippen LogP contribution in [-0.4, -0.2) is 52.1 Å². The van der Waals surface area contributed by atoms with Crippen LogP contribution in [0.5, 0.6) is 0 Å². The van der Waals surface area contributed by atoms with Gasteiger partial charge in [-0.25, -0.2) is 0 Å². The second-order valence-electron chi connectivity index (χ2n) is 0. The standard InChI is InChI=1S/3Al.3O/q;2*+3;3*-2. The van der Waals surface area contributed by atoms with Gasteiger partial charge in [0.25, 0.3) is 0 Å². The molecule has 0 amide bonds. The molecule has 0 aromatic rings. The van der Waals surface area contributed by atoms with Gasteiger partial charge in [-0.3, -0.25) is 0 Å². The minimum atomic E-state index is 0. The molecule has 0 N–H and O–H groups in total. The third-order valence-corrected chi connectivity index (χ3v) is 0. The van der Waals surface area contributed by atoms with Crippen LogP contribution in [0.4, 0.5) is 0 Å². The first kappa shape index (κ1) is 144. The quantitative estimate of drug-likeness (QED) is 0.356. The average molecular weight is 129 g/mol. The SMILES string of the molecule is [Al+3].[Al+3].[Al].[O-2].[O-2].[O-2]. The molecular formula is Al3O3. The van der Waals surface area contributed by atoms with Crippen LogP contribution in [0.2, 0.25) is 0 Å². The van der Waals surface area contributed by atoms with E-state index in [1.807, 2.05) is 0 Å². The molecule has 0 aliphatic heterocycles. The van der Waals surface area contributed by atoms with E-state index in [0.717, 1.165) is 0 Å². The van der Waals surface area contributed by atoms with E-state index in [0.29, 0.717) is 0 Å². The molecule has 27 valence electrons. The number of hydrogen-bond donors (Lipinski definition) is 0. The summed E-state index contributed by atoms with van der Waals surface area (Å²) in [5.41, 5.74) is 0. The molecule has 0 bridgehead atoms. The van der Waals surface area contributed by atoms with Crippen molar-refractivity contribution in [2.24, 2.45) is 0 Å². The van der Waals surface area contributed by atoms with Crippen molar-refractivity contribution in [3.63, 3.8) is 0 Å². The van der Waals surface area contributed by atoms with E-state index >= 15 is 0 Å². The molecular weight excluding hydrogens is 129 g/mol. The molecule has 0 aliphatic rings. The third-order valence-electron chi connectivity index (χ3n) is 0.